The summed E-state index contributed by atoms with van der Waals surface area (Å²) in [4.78, 5) is 0. The van der Waals surface area contributed by atoms with E-state index in [0.29, 0.717) is 5.75 Å². The molecule has 0 amide bonds. The van der Waals surface area contributed by atoms with Crippen LogP contribution in [0, 0.1) is 17.7 Å². The molecule has 0 saturated heterocycles. The first kappa shape index (κ1) is 11.2. The van der Waals surface area contributed by atoms with Gasteiger partial charge in [0.15, 0.2) is 11.6 Å². The third-order valence-electron chi connectivity index (χ3n) is 3.11. The van der Waals surface area contributed by atoms with Crippen LogP contribution in [-0.4, -0.2) is 0 Å². The van der Waals surface area contributed by atoms with Crippen LogP contribution in [0.2, 0.25) is 0 Å². The highest BCUT2D eigenvalue weighted by Gasteiger charge is 2.13. The second kappa shape index (κ2) is 4.41. The van der Waals surface area contributed by atoms with E-state index in [1.165, 1.54) is 23.3 Å². The fraction of sp³-hybridized carbons (Fsp3) is 0.200. The molecule has 0 bridgehead atoms. The summed E-state index contributed by atoms with van der Waals surface area (Å²) in [6.07, 6.45) is 3.22. The van der Waals surface area contributed by atoms with E-state index >= 15 is 0 Å². The molecular weight excluding hydrogens is 234 g/mol. The Morgan fingerprint density at radius 3 is 2.72 bits per heavy atom. The third kappa shape index (κ3) is 2.08. The van der Waals surface area contributed by atoms with Crippen molar-refractivity contribution in [1.29, 1.82) is 0 Å². The molecule has 2 aromatic carbocycles. The van der Waals surface area contributed by atoms with E-state index in [0.717, 1.165) is 25.3 Å². The molecule has 1 nitrogen and oxygen atoms in total. The summed E-state index contributed by atoms with van der Waals surface area (Å²) in [6, 6.07) is 10.0. The lowest BCUT2D eigenvalue weighted by Gasteiger charge is -2.08. The molecule has 0 fully saturated rings. The Morgan fingerprint density at radius 2 is 1.89 bits per heavy atom. The SMILES string of the molecule is Fc1ccc(Oc2[c]cc3c(c2)CCC3)c(F)c1. The van der Waals surface area contributed by atoms with Crippen molar-refractivity contribution in [2.24, 2.45) is 0 Å². The third-order valence-corrected chi connectivity index (χ3v) is 3.11. The minimum atomic E-state index is -0.705. The van der Waals surface area contributed by atoms with Crippen LogP contribution in [0.15, 0.2) is 30.3 Å². The molecule has 0 spiro atoms. The van der Waals surface area contributed by atoms with Crippen LogP contribution in [-0.2, 0) is 12.8 Å². The van der Waals surface area contributed by atoms with Gasteiger partial charge in [-0.25, -0.2) is 8.78 Å². The minimum Gasteiger partial charge on any atom is -0.454 e. The van der Waals surface area contributed by atoms with Crippen molar-refractivity contribution in [2.45, 2.75) is 19.3 Å². The molecule has 0 atom stereocenters. The summed E-state index contributed by atoms with van der Waals surface area (Å²) < 4.78 is 31.6. The van der Waals surface area contributed by atoms with Crippen molar-refractivity contribution in [3.05, 3.63) is 59.2 Å². The van der Waals surface area contributed by atoms with Crippen LogP contribution < -0.4 is 4.74 Å². The number of benzene rings is 2. The van der Waals surface area contributed by atoms with Gasteiger partial charge >= 0.3 is 0 Å². The van der Waals surface area contributed by atoms with E-state index in [4.69, 9.17) is 4.74 Å². The first-order chi connectivity index (χ1) is 8.72. The fourth-order valence-electron chi connectivity index (χ4n) is 2.21. The van der Waals surface area contributed by atoms with Crippen molar-refractivity contribution in [3.63, 3.8) is 0 Å². The van der Waals surface area contributed by atoms with Crippen molar-refractivity contribution in [3.8, 4) is 11.5 Å². The van der Waals surface area contributed by atoms with Crippen LogP contribution in [0.25, 0.3) is 0 Å². The molecule has 18 heavy (non-hydrogen) atoms. The zero-order chi connectivity index (χ0) is 12.5. The maximum absolute atomic E-state index is 13.4. The zero-order valence-corrected chi connectivity index (χ0v) is 9.67. The van der Waals surface area contributed by atoms with Gasteiger partial charge in [-0.15, -0.1) is 0 Å². The Kier molecular flexibility index (Phi) is 2.74. The molecule has 2 aromatic rings. The Bertz CT molecular complexity index is 593. The number of fused-ring (bicyclic) bond motifs is 1. The van der Waals surface area contributed by atoms with Crippen LogP contribution in [0.3, 0.4) is 0 Å². The van der Waals surface area contributed by atoms with Gasteiger partial charge in [0.2, 0.25) is 0 Å². The average Bonchev–Trinajstić information content (AvgIpc) is 2.80. The van der Waals surface area contributed by atoms with Crippen molar-refractivity contribution >= 4 is 0 Å². The maximum Gasteiger partial charge on any atom is 0.168 e. The molecular formula is C15H11F2O. The highest BCUT2D eigenvalue weighted by Crippen LogP contribution is 2.29. The van der Waals surface area contributed by atoms with Crippen molar-refractivity contribution < 1.29 is 13.5 Å². The first-order valence-electron chi connectivity index (χ1n) is 5.89. The Hall–Kier alpha value is -1.90. The lowest BCUT2D eigenvalue weighted by atomic mass is 10.1. The molecule has 3 rings (SSSR count). The lowest BCUT2D eigenvalue weighted by Crippen LogP contribution is -1.91. The number of hydrogen-bond acceptors (Lipinski definition) is 1. The smallest absolute Gasteiger partial charge is 0.168 e. The molecule has 0 unspecified atom stereocenters. The van der Waals surface area contributed by atoms with E-state index in [9.17, 15) is 8.78 Å². The molecule has 0 saturated carbocycles. The highest BCUT2D eigenvalue weighted by atomic mass is 19.1. The summed E-state index contributed by atoms with van der Waals surface area (Å²) in [5, 5.41) is 0. The molecule has 0 heterocycles. The summed E-state index contributed by atoms with van der Waals surface area (Å²) in [5.74, 6) is -0.826. The van der Waals surface area contributed by atoms with Gasteiger partial charge in [0.1, 0.15) is 11.6 Å². The molecule has 1 aliphatic carbocycles. The summed E-state index contributed by atoms with van der Waals surface area (Å²) in [7, 11) is 0. The first-order valence-corrected chi connectivity index (χ1v) is 5.89. The Labute approximate surface area is 104 Å². The number of ether oxygens (including phenoxy) is 1. The number of halogens is 2. The molecule has 0 aliphatic heterocycles. The number of rotatable bonds is 2. The number of hydrogen-bond donors (Lipinski definition) is 0. The lowest BCUT2D eigenvalue weighted by molar-refractivity contribution is 0.436. The van der Waals surface area contributed by atoms with E-state index < -0.39 is 11.6 Å². The van der Waals surface area contributed by atoms with Gasteiger partial charge in [-0.3, -0.25) is 0 Å². The summed E-state index contributed by atoms with van der Waals surface area (Å²) in [6.45, 7) is 0. The standard InChI is InChI=1S/C15H11F2O/c16-12-5-7-15(14(17)9-12)18-13-6-4-10-2-1-3-11(10)8-13/h4-5,7-9H,1-3H2. The van der Waals surface area contributed by atoms with Gasteiger partial charge in [-0.2, -0.15) is 0 Å². The van der Waals surface area contributed by atoms with Crippen LogP contribution >= 0.6 is 0 Å². The monoisotopic (exact) mass is 245 g/mol. The van der Waals surface area contributed by atoms with Crippen LogP contribution in [0.4, 0.5) is 8.78 Å². The summed E-state index contributed by atoms with van der Waals surface area (Å²) >= 11 is 0. The van der Waals surface area contributed by atoms with Crippen molar-refractivity contribution in [1.82, 2.24) is 0 Å². The van der Waals surface area contributed by atoms with Gasteiger partial charge in [-0.05, 0) is 54.7 Å². The van der Waals surface area contributed by atoms with Crippen molar-refractivity contribution in [2.75, 3.05) is 0 Å². The Balaban J connectivity index is 1.88. The second-order valence-corrected chi connectivity index (χ2v) is 4.38. The topological polar surface area (TPSA) is 9.23 Å². The molecule has 0 aromatic heterocycles. The molecule has 3 heteroatoms. The largest absolute Gasteiger partial charge is 0.454 e. The van der Waals surface area contributed by atoms with Crippen LogP contribution in [0.1, 0.15) is 17.5 Å². The highest BCUT2D eigenvalue weighted by molar-refractivity contribution is 5.40. The van der Waals surface area contributed by atoms with E-state index in [-0.39, 0.29) is 5.75 Å². The zero-order valence-electron chi connectivity index (χ0n) is 9.67. The number of aryl methyl sites for hydroxylation is 2. The molecule has 91 valence electrons. The quantitative estimate of drug-likeness (QED) is 0.775. The van der Waals surface area contributed by atoms with Gasteiger partial charge in [0.05, 0.1) is 0 Å². The molecule has 1 aliphatic rings. The van der Waals surface area contributed by atoms with Gasteiger partial charge in [0, 0.05) is 12.1 Å². The molecule has 0 N–H and O–H groups in total. The maximum atomic E-state index is 13.4. The van der Waals surface area contributed by atoms with Crippen LogP contribution in [0.5, 0.6) is 11.5 Å². The van der Waals surface area contributed by atoms with E-state index in [1.54, 1.807) is 0 Å². The fourth-order valence-corrected chi connectivity index (χ4v) is 2.21. The molecule has 1 radical (unpaired) electrons. The van der Waals surface area contributed by atoms with E-state index in [2.05, 4.69) is 6.07 Å². The predicted molar refractivity (Wildman–Crippen MR) is 63.7 cm³/mol. The Morgan fingerprint density at radius 1 is 1.06 bits per heavy atom. The van der Waals surface area contributed by atoms with Gasteiger partial charge in [0.25, 0.3) is 0 Å². The van der Waals surface area contributed by atoms with Gasteiger partial charge in [-0.1, -0.05) is 0 Å². The normalized spacial score (nSPS) is 13.4. The average molecular weight is 245 g/mol. The minimum absolute atomic E-state index is 0.0191. The second-order valence-electron chi connectivity index (χ2n) is 4.38. The van der Waals surface area contributed by atoms with E-state index in [1.807, 2.05) is 12.1 Å². The predicted octanol–water partition coefficient (Wildman–Crippen LogP) is 4.05. The summed E-state index contributed by atoms with van der Waals surface area (Å²) in [5.41, 5.74) is 2.51. The van der Waals surface area contributed by atoms with Gasteiger partial charge < -0.3 is 4.74 Å².